The van der Waals surface area contributed by atoms with Crippen LogP contribution < -0.4 is 5.32 Å². The predicted octanol–water partition coefficient (Wildman–Crippen LogP) is 3.19. The third kappa shape index (κ3) is 3.08. The van der Waals surface area contributed by atoms with Gasteiger partial charge in [0.25, 0.3) is 0 Å². The van der Waals surface area contributed by atoms with Crippen LogP contribution in [0.15, 0.2) is 18.2 Å². The molecule has 0 unspecified atom stereocenters. The molecule has 15 heavy (non-hydrogen) atoms. The molecule has 1 N–H and O–H groups in total. The number of hydrogen-bond acceptors (Lipinski definition) is 2. The van der Waals surface area contributed by atoms with Crippen molar-refractivity contribution in [1.82, 2.24) is 0 Å². The molecule has 82 valence electrons. The van der Waals surface area contributed by atoms with Crippen LogP contribution in [0, 0.1) is 10.5 Å². The second-order valence-corrected chi connectivity index (χ2v) is 5.16. The standard InChI is InChI=1S/C12H16INO/c1-9-2-3-11(8-12(9)13)14-10-4-6-15-7-5-10/h2-3,8,10,14H,4-7H2,1H3. The molecule has 0 spiro atoms. The van der Waals surface area contributed by atoms with Gasteiger partial charge >= 0.3 is 0 Å². The molecule has 1 fully saturated rings. The number of benzene rings is 1. The molecule has 0 aromatic heterocycles. The van der Waals surface area contributed by atoms with E-state index in [1.54, 1.807) is 0 Å². The quantitative estimate of drug-likeness (QED) is 0.846. The third-order valence-electron chi connectivity index (χ3n) is 2.76. The molecular formula is C12H16INO. The highest BCUT2D eigenvalue weighted by Crippen LogP contribution is 2.20. The summed E-state index contributed by atoms with van der Waals surface area (Å²) in [6.45, 7) is 3.92. The van der Waals surface area contributed by atoms with Crippen molar-refractivity contribution in [1.29, 1.82) is 0 Å². The second kappa shape index (κ2) is 5.16. The maximum atomic E-state index is 5.34. The number of ether oxygens (including phenoxy) is 1. The fourth-order valence-electron chi connectivity index (χ4n) is 1.76. The molecule has 0 amide bonds. The Morgan fingerprint density at radius 1 is 1.33 bits per heavy atom. The van der Waals surface area contributed by atoms with E-state index < -0.39 is 0 Å². The molecule has 2 rings (SSSR count). The largest absolute Gasteiger partial charge is 0.382 e. The maximum absolute atomic E-state index is 5.34. The van der Waals surface area contributed by atoms with Crippen molar-refractivity contribution < 1.29 is 4.74 Å². The monoisotopic (exact) mass is 317 g/mol. The highest BCUT2D eigenvalue weighted by atomic mass is 127. The fraction of sp³-hybridized carbons (Fsp3) is 0.500. The summed E-state index contributed by atoms with van der Waals surface area (Å²) in [7, 11) is 0. The SMILES string of the molecule is Cc1ccc(NC2CCOCC2)cc1I. The smallest absolute Gasteiger partial charge is 0.0485 e. The molecule has 1 aromatic carbocycles. The Kier molecular flexibility index (Phi) is 3.86. The Labute approximate surface area is 105 Å². The van der Waals surface area contributed by atoms with Crippen LogP contribution in [0.1, 0.15) is 18.4 Å². The number of aryl methyl sites for hydroxylation is 1. The van der Waals surface area contributed by atoms with Gasteiger partial charge in [-0.1, -0.05) is 6.07 Å². The van der Waals surface area contributed by atoms with E-state index in [2.05, 4.69) is 53.0 Å². The van der Waals surface area contributed by atoms with Crippen LogP contribution >= 0.6 is 22.6 Å². The van der Waals surface area contributed by atoms with Crippen LogP contribution in [0.2, 0.25) is 0 Å². The Hall–Kier alpha value is -0.290. The summed E-state index contributed by atoms with van der Waals surface area (Å²) in [5.41, 5.74) is 2.57. The molecule has 1 saturated heterocycles. The number of nitrogens with one attached hydrogen (secondary N) is 1. The van der Waals surface area contributed by atoms with Crippen LogP contribution in [0.5, 0.6) is 0 Å². The molecule has 1 aromatic rings. The van der Waals surface area contributed by atoms with E-state index in [4.69, 9.17) is 4.74 Å². The van der Waals surface area contributed by atoms with E-state index in [-0.39, 0.29) is 0 Å². The first-order valence-corrected chi connectivity index (χ1v) is 6.44. The highest BCUT2D eigenvalue weighted by molar-refractivity contribution is 14.1. The lowest BCUT2D eigenvalue weighted by atomic mass is 10.1. The van der Waals surface area contributed by atoms with Gasteiger partial charge in [0.1, 0.15) is 0 Å². The second-order valence-electron chi connectivity index (χ2n) is 3.99. The lowest BCUT2D eigenvalue weighted by Crippen LogP contribution is -2.27. The zero-order valence-corrected chi connectivity index (χ0v) is 11.1. The minimum Gasteiger partial charge on any atom is -0.382 e. The molecule has 2 nitrogen and oxygen atoms in total. The molecule has 3 heteroatoms. The zero-order valence-electron chi connectivity index (χ0n) is 8.92. The van der Waals surface area contributed by atoms with Crippen molar-refractivity contribution >= 4 is 28.3 Å². The van der Waals surface area contributed by atoms with Crippen LogP contribution in [-0.2, 0) is 4.74 Å². The molecule has 1 heterocycles. The van der Waals surface area contributed by atoms with Gasteiger partial charge in [0.05, 0.1) is 0 Å². The lowest BCUT2D eigenvalue weighted by Gasteiger charge is -2.24. The summed E-state index contributed by atoms with van der Waals surface area (Å²) >= 11 is 2.38. The van der Waals surface area contributed by atoms with E-state index in [9.17, 15) is 0 Å². The lowest BCUT2D eigenvalue weighted by molar-refractivity contribution is 0.0904. The van der Waals surface area contributed by atoms with Crippen LogP contribution in [-0.4, -0.2) is 19.3 Å². The van der Waals surface area contributed by atoms with Crippen LogP contribution in [0.3, 0.4) is 0 Å². The number of halogens is 1. The van der Waals surface area contributed by atoms with Gasteiger partial charge in [-0.05, 0) is 60.1 Å². The molecule has 0 bridgehead atoms. The normalized spacial score (nSPS) is 17.7. The van der Waals surface area contributed by atoms with E-state index in [1.807, 2.05) is 0 Å². The summed E-state index contributed by atoms with van der Waals surface area (Å²) in [6, 6.07) is 7.12. The average Bonchev–Trinajstić information content (AvgIpc) is 2.25. The molecule has 0 radical (unpaired) electrons. The first kappa shape index (κ1) is 11.2. The van der Waals surface area contributed by atoms with Gasteiger partial charge in [-0.15, -0.1) is 0 Å². The maximum Gasteiger partial charge on any atom is 0.0485 e. The summed E-state index contributed by atoms with van der Waals surface area (Å²) < 4.78 is 6.66. The Bertz CT molecular complexity index is 334. The first-order valence-electron chi connectivity index (χ1n) is 5.36. The highest BCUT2D eigenvalue weighted by Gasteiger charge is 2.13. The van der Waals surface area contributed by atoms with Crippen molar-refractivity contribution in [2.75, 3.05) is 18.5 Å². The van der Waals surface area contributed by atoms with E-state index >= 15 is 0 Å². The Morgan fingerprint density at radius 3 is 2.73 bits per heavy atom. The van der Waals surface area contributed by atoms with Crippen molar-refractivity contribution in [2.24, 2.45) is 0 Å². The Morgan fingerprint density at radius 2 is 2.07 bits per heavy atom. The number of anilines is 1. The molecular weight excluding hydrogens is 301 g/mol. The Balaban J connectivity index is 2.00. The van der Waals surface area contributed by atoms with Gasteiger partial charge in [-0.3, -0.25) is 0 Å². The number of rotatable bonds is 2. The van der Waals surface area contributed by atoms with Crippen LogP contribution in [0.25, 0.3) is 0 Å². The van der Waals surface area contributed by atoms with Gasteiger partial charge in [-0.2, -0.15) is 0 Å². The minimum absolute atomic E-state index is 0.581. The third-order valence-corrected chi connectivity index (χ3v) is 3.93. The molecule has 0 saturated carbocycles. The van der Waals surface area contributed by atoms with Gasteiger partial charge in [0.15, 0.2) is 0 Å². The fourth-order valence-corrected chi connectivity index (χ4v) is 2.28. The topological polar surface area (TPSA) is 21.3 Å². The van der Waals surface area contributed by atoms with Crippen molar-refractivity contribution in [3.05, 3.63) is 27.3 Å². The summed E-state index contributed by atoms with van der Waals surface area (Å²) in [6.07, 6.45) is 2.23. The molecule has 0 atom stereocenters. The molecule has 0 aliphatic carbocycles. The van der Waals surface area contributed by atoms with Gasteiger partial charge < -0.3 is 10.1 Å². The van der Waals surface area contributed by atoms with E-state index in [1.165, 1.54) is 14.8 Å². The number of hydrogen-bond donors (Lipinski definition) is 1. The van der Waals surface area contributed by atoms with E-state index in [0.29, 0.717) is 6.04 Å². The van der Waals surface area contributed by atoms with Gasteiger partial charge in [0.2, 0.25) is 0 Å². The summed E-state index contributed by atoms with van der Waals surface area (Å²) in [4.78, 5) is 0. The van der Waals surface area contributed by atoms with E-state index in [0.717, 1.165) is 26.1 Å². The zero-order chi connectivity index (χ0) is 10.7. The average molecular weight is 317 g/mol. The molecule has 1 aliphatic heterocycles. The van der Waals surface area contributed by atoms with Crippen molar-refractivity contribution in [3.63, 3.8) is 0 Å². The first-order chi connectivity index (χ1) is 7.25. The van der Waals surface area contributed by atoms with Crippen molar-refractivity contribution in [3.8, 4) is 0 Å². The summed E-state index contributed by atoms with van der Waals surface area (Å²) in [5, 5.41) is 3.56. The predicted molar refractivity (Wildman–Crippen MR) is 71.4 cm³/mol. The van der Waals surface area contributed by atoms with Gasteiger partial charge in [0, 0.05) is 28.5 Å². The summed E-state index contributed by atoms with van der Waals surface area (Å²) in [5.74, 6) is 0. The van der Waals surface area contributed by atoms with Gasteiger partial charge in [-0.25, -0.2) is 0 Å². The minimum atomic E-state index is 0.581. The van der Waals surface area contributed by atoms with Crippen molar-refractivity contribution in [2.45, 2.75) is 25.8 Å². The van der Waals surface area contributed by atoms with Crippen LogP contribution in [0.4, 0.5) is 5.69 Å². The molecule has 1 aliphatic rings.